The third-order valence-corrected chi connectivity index (χ3v) is 4.17. The quantitative estimate of drug-likeness (QED) is 0.645. The maximum Gasteiger partial charge on any atom is 0.149 e. The van der Waals surface area contributed by atoms with Crippen LogP contribution in [0.25, 0.3) is 11.3 Å². The molecule has 0 aliphatic heterocycles. The number of para-hydroxylation sites is 1. The van der Waals surface area contributed by atoms with Gasteiger partial charge in [-0.05, 0) is 54.8 Å². The summed E-state index contributed by atoms with van der Waals surface area (Å²) in [7, 11) is 1.94. The number of nitrogens with two attached hydrogens (primary N) is 1. The van der Waals surface area contributed by atoms with Gasteiger partial charge in [0, 0.05) is 12.1 Å². The standard InChI is InChI=1S/C20H22N4O/c1-22-13-15-8-6-14(7-9-15)10-11-16-12-18(23-24-20(16)21)17-4-2-3-5-19(17)25/h2-9,12,22,25H,10-11,13H2,1H3,(H2,21,24). The number of nitrogens with zero attached hydrogens (tertiary/aromatic N) is 2. The summed E-state index contributed by atoms with van der Waals surface area (Å²) in [6, 6.07) is 17.6. The van der Waals surface area contributed by atoms with Crippen molar-refractivity contribution in [1.82, 2.24) is 15.5 Å². The maximum absolute atomic E-state index is 10.00. The first-order valence-electron chi connectivity index (χ1n) is 8.30. The lowest BCUT2D eigenvalue weighted by Crippen LogP contribution is -2.05. The molecule has 0 aliphatic carbocycles. The van der Waals surface area contributed by atoms with Crippen LogP contribution in [-0.2, 0) is 19.4 Å². The van der Waals surface area contributed by atoms with E-state index in [1.54, 1.807) is 12.1 Å². The van der Waals surface area contributed by atoms with Crippen molar-refractivity contribution in [2.75, 3.05) is 12.8 Å². The van der Waals surface area contributed by atoms with Gasteiger partial charge in [0.25, 0.3) is 0 Å². The molecule has 1 heterocycles. The molecule has 0 atom stereocenters. The van der Waals surface area contributed by atoms with E-state index in [0.717, 1.165) is 24.9 Å². The predicted molar refractivity (Wildman–Crippen MR) is 100 cm³/mol. The molecule has 128 valence electrons. The van der Waals surface area contributed by atoms with Crippen molar-refractivity contribution in [2.24, 2.45) is 0 Å². The van der Waals surface area contributed by atoms with E-state index >= 15 is 0 Å². The number of aromatic hydroxyl groups is 1. The Bertz CT molecular complexity index is 847. The van der Waals surface area contributed by atoms with Crippen molar-refractivity contribution in [3.05, 3.63) is 71.3 Å². The first-order chi connectivity index (χ1) is 12.2. The number of hydrogen-bond donors (Lipinski definition) is 3. The van der Waals surface area contributed by atoms with Gasteiger partial charge in [0.1, 0.15) is 11.6 Å². The molecule has 4 N–H and O–H groups in total. The van der Waals surface area contributed by atoms with Gasteiger partial charge in [0.2, 0.25) is 0 Å². The van der Waals surface area contributed by atoms with Gasteiger partial charge in [-0.2, -0.15) is 0 Å². The summed E-state index contributed by atoms with van der Waals surface area (Å²) >= 11 is 0. The average Bonchev–Trinajstić information content (AvgIpc) is 2.63. The van der Waals surface area contributed by atoms with Crippen LogP contribution in [0.1, 0.15) is 16.7 Å². The molecule has 0 bridgehead atoms. The van der Waals surface area contributed by atoms with E-state index in [1.807, 2.05) is 25.2 Å². The van der Waals surface area contributed by atoms with Gasteiger partial charge in [0.15, 0.2) is 0 Å². The largest absolute Gasteiger partial charge is 0.507 e. The Morgan fingerprint density at radius 2 is 1.68 bits per heavy atom. The SMILES string of the molecule is CNCc1ccc(CCc2cc(-c3ccccc3O)nnc2N)cc1. The minimum atomic E-state index is 0.188. The van der Waals surface area contributed by atoms with Gasteiger partial charge in [-0.15, -0.1) is 10.2 Å². The molecule has 0 fully saturated rings. The van der Waals surface area contributed by atoms with E-state index < -0.39 is 0 Å². The van der Waals surface area contributed by atoms with Crippen LogP contribution < -0.4 is 11.1 Å². The van der Waals surface area contributed by atoms with Crippen molar-refractivity contribution in [2.45, 2.75) is 19.4 Å². The van der Waals surface area contributed by atoms with Gasteiger partial charge in [-0.25, -0.2) is 0 Å². The van der Waals surface area contributed by atoms with Crippen LogP contribution in [0.15, 0.2) is 54.6 Å². The lowest BCUT2D eigenvalue weighted by molar-refractivity contribution is 0.477. The van der Waals surface area contributed by atoms with Gasteiger partial charge >= 0.3 is 0 Å². The second-order valence-corrected chi connectivity index (χ2v) is 6.00. The van der Waals surface area contributed by atoms with Crippen LogP contribution in [0, 0.1) is 0 Å². The lowest BCUT2D eigenvalue weighted by atomic mass is 10.0. The number of aromatic nitrogens is 2. The van der Waals surface area contributed by atoms with E-state index in [0.29, 0.717) is 17.1 Å². The van der Waals surface area contributed by atoms with E-state index in [9.17, 15) is 5.11 Å². The third kappa shape index (κ3) is 4.14. The Labute approximate surface area is 147 Å². The van der Waals surface area contributed by atoms with Gasteiger partial charge < -0.3 is 16.2 Å². The highest BCUT2D eigenvalue weighted by Crippen LogP contribution is 2.28. The Morgan fingerprint density at radius 3 is 2.40 bits per heavy atom. The molecule has 0 unspecified atom stereocenters. The monoisotopic (exact) mass is 334 g/mol. The van der Waals surface area contributed by atoms with Gasteiger partial charge in [-0.1, -0.05) is 36.4 Å². The highest BCUT2D eigenvalue weighted by molar-refractivity contribution is 5.67. The van der Waals surface area contributed by atoms with Crippen molar-refractivity contribution in [3.8, 4) is 17.0 Å². The molecule has 5 heteroatoms. The molecule has 3 aromatic rings. The Balaban J connectivity index is 1.76. The zero-order valence-electron chi connectivity index (χ0n) is 14.2. The number of phenolic OH excluding ortho intramolecular Hbond substituents is 1. The van der Waals surface area contributed by atoms with E-state index in [-0.39, 0.29) is 5.75 Å². The van der Waals surface area contributed by atoms with Gasteiger partial charge in [0.05, 0.1) is 5.69 Å². The molecule has 5 nitrogen and oxygen atoms in total. The predicted octanol–water partition coefficient (Wildman–Crippen LogP) is 2.94. The molecule has 0 amide bonds. The topological polar surface area (TPSA) is 84.1 Å². The molecule has 1 aromatic heterocycles. The third-order valence-electron chi connectivity index (χ3n) is 4.17. The normalized spacial score (nSPS) is 10.8. The number of rotatable bonds is 6. The minimum Gasteiger partial charge on any atom is -0.507 e. The second-order valence-electron chi connectivity index (χ2n) is 6.00. The van der Waals surface area contributed by atoms with Crippen LogP contribution in [0.4, 0.5) is 5.82 Å². The Morgan fingerprint density at radius 1 is 0.960 bits per heavy atom. The van der Waals surface area contributed by atoms with Crippen molar-refractivity contribution < 1.29 is 5.11 Å². The van der Waals surface area contributed by atoms with Crippen LogP contribution in [0.5, 0.6) is 5.75 Å². The summed E-state index contributed by atoms with van der Waals surface area (Å²) in [5.41, 5.74) is 10.7. The van der Waals surface area contributed by atoms with Gasteiger partial charge in [-0.3, -0.25) is 0 Å². The van der Waals surface area contributed by atoms with Crippen LogP contribution in [0.3, 0.4) is 0 Å². The molecule has 2 aromatic carbocycles. The van der Waals surface area contributed by atoms with E-state index in [1.165, 1.54) is 11.1 Å². The fraction of sp³-hybridized carbons (Fsp3) is 0.200. The van der Waals surface area contributed by atoms with Crippen molar-refractivity contribution >= 4 is 5.82 Å². The zero-order valence-corrected chi connectivity index (χ0v) is 14.2. The number of phenols is 1. The highest BCUT2D eigenvalue weighted by atomic mass is 16.3. The van der Waals surface area contributed by atoms with Crippen molar-refractivity contribution in [1.29, 1.82) is 0 Å². The summed E-state index contributed by atoms with van der Waals surface area (Å²) in [5, 5.41) is 21.3. The molecule has 25 heavy (non-hydrogen) atoms. The molecule has 0 saturated carbocycles. The molecule has 0 radical (unpaired) electrons. The van der Waals surface area contributed by atoms with Crippen LogP contribution in [0.2, 0.25) is 0 Å². The number of aryl methyl sites for hydroxylation is 2. The van der Waals surface area contributed by atoms with Crippen LogP contribution in [-0.4, -0.2) is 22.4 Å². The summed E-state index contributed by atoms with van der Waals surface area (Å²) in [6.07, 6.45) is 1.64. The number of hydrogen-bond acceptors (Lipinski definition) is 5. The Kier molecular flexibility index (Phi) is 5.26. The highest BCUT2D eigenvalue weighted by Gasteiger charge is 2.09. The number of anilines is 1. The first-order valence-corrected chi connectivity index (χ1v) is 8.30. The minimum absolute atomic E-state index is 0.188. The Hall–Kier alpha value is -2.92. The summed E-state index contributed by atoms with van der Waals surface area (Å²) < 4.78 is 0. The molecule has 0 spiro atoms. The zero-order chi connectivity index (χ0) is 17.6. The first kappa shape index (κ1) is 16.9. The fourth-order valence-electron chi connectivity index (χ4n) is 2.77. The number of nitrogens with one attached hydrogen (secondary N) is 1. The molecule has 3 rings (SSSR count). The summed E-state index contributed by atoms with van der Waals surface area (Å²) in [5.74, 6) is 0.624. The van der Waals surface area contributed by atoms with Crippen LogP contribution >= 0.6 is 0 Å². The molecule has 0 aliphatic rings. The smallest absolute Gasteiger partial charge is 0.149 e. The number of nitrogen functional groups attached to an aromatic ring is 1. The molecular weight excluding hydrogens is 312 g/mol. The lowest BCUT2D eigenvalue weighted by Gasteiger charge is -2.09. The van der Waals surface area contributed by atoms with E-state index in [4.69, 9.17) is 5.73 Å². The fourth-order valence-corrected chi connectivity index (χ4v) is 2.77. The maximum atomic E-state index is 10.00. The molecular formula is C20H22N4O. The van der Waals surface area contributed by atoms with Crippen molar-refractivity contribution in [3.63, 3.8) is 0 Å². The summed E-state index contributed by atoms with van der Waals surface area (Å²) in [6.45, 7) is 0.866. The summed E-state index contributed by atoms with van der Waals surface area (Å²) in [4.78, 5) is 0. The average molecular weight is 334 g/mol. The number of benzene rings is 2. The van der Waals surface area contributed by atoms with E-state index in [2.05, 4.69) is 39.8 Å². The second kappa shape index (κ2) is 7.77. The molecule has 0 saturated heterocycles.